The lowest BCUT2D eigenvalue weighted by Gasteiger charge is -2.16. The number of hydrogen-bond donors (Lipinski definition) is 2. The first-order chi connectivity index (χ1) is 9.78. The quantitative estimate of drug-likeness (QED) is 0.813. The first-order valence-electron chi connectivity index (χ1n) is 7.45. The number of methoxy groups -OCH3 is 1. The number of amides is 1. The molecule has 1 aliphatic carbocycles. The molecule has 1 saturated carbocycles. The molecule has 0 saturated heterocycles. The largest absolute Gasteiger partial charge is 0.497 e. The van der Waals surface area contributed by atoms with E-state index in [0.29, 0.717) is 12.6 Å². The number of hydrogen-bond acceptors (Lipinski definition) is 3. The molecular formula is C16H24N2O2. The third-order valence-corrected chi connectivity index (χ3v) is 3.74. The summed E-state index contributed by atoms with van der Waals surface area (Å²) in [5.41, 5.74) is 0.903. The van der Waals surface area contributed by atoms with E-state index < -0.39 is 0 Å². The fourth-order valence-corrected chi connectivity index (χ4v) is 2.62. The van der Waals surface area contributed by atoms with Gasteiger partial charge in [-0.3, -0.25) is 4.79 Å². The van der Waals surface area contributed by atoms with E-state index in [1.807, 2.05) is 24.3 Å². The fourth-order valence-electron chi connectivity index (χ4n) is 2.62. The molecule has 1 fully saturated rings. The molecule has 0 spiro atoms. The highest BCUT2D eigenvalue weighted by atomic mass is 16.5. The topological polar surface area (TPSA) is 50.4 Å². The molecule has 0 atom stereocenters. The van der Waals surface area contributed by atoms with Crippen molar-refractivity contribution in [3.63, 3.8) is 0 Å². The fraction of sp³-hybridized carbons (Fsp3) is 0.562. The van der Waals surface area contributed by atoms with Crippen molar-refractivity contribution in [1.29, 1.82) is 0 Å². The van der Waals surface area contributed by atoms with Crippen LogP contribution in [0, 0.1) is 0 Å². The monoisotopic (exact) mass is 276 g/mol. The SMILES string of the molecule is COc1cccc(NCC(=O)NC2CCCCCC2)c1. The van der Waals surface area contributed by atoms with Crippen LogP contribution in [0.15, 0.2) is 24.3 Å². The van der Waals surface area contributed by atoms with Gasteiger partial charge in [0.15, 0.2) is 0 Å². The molecule has 0 heterocycles. The van der Waals surface area contributed by atoms with Crippen LogP contribution in [0.5, 0.6) is 5.75 Å². The number of carbonyl (C=O) groups is 1. The van der Waals surface area contributed by atoms with Crippen molar-refractivity contribution in [3.05, 3.63) is 24.3 Å². The summed E-state index contributed by atoms with van der Waals surface area (Å²) in [5.74, 6) is 0.860. The van der Waals surface area contributed by atoms with Crippen LogP contribution in [0.4, 0.5) is 5.69 Å². The van der Waals surface area contributed by atoms with E-state index in [1.54, 1.807) is 7.11 Å². The zero-order valence-electron chi connectivity index (χ0n) is 12.2. The van der Waals surface area contributed by atoms with Crippen LogP contribution < -0.4 is 15.4 Å². The Bertz CT molecular complexity index is 426. The summed E-state index contributed by atoms with van der Waals surface area (Å²) in [4.78, 5) is 11.9. The Balaban J connectivity index is 1.76. The van der Waals surface area contributed by atoms with Crippen molar-refractivity contribution < 1.29 is 9.53 Å². The molecule has 20 heavy (non-hydrogen) atoms. The lowest BCUT2D eigenvalue weighted by molar-refractivity contribution is -0.120. The highest BCUT2D eigenvalue weighted by molar-refractivity contribution is 5.81. The summed E-state index contributed by atoms with van der Waals surface area (Å²) >= 11 is 0. The molecule has 1 aromatic rings. The minimum atomic E-state index is 0.0692. The minimum Gasteiger partial charge on any atom is -0.497 e. The lowest BCUT2D eigenvalue weighted by atomic mass is 10.1. The van der Waals surface area contributed by atoms with Crippen LogP contribution >= 0.6 is 0 Å². The Morgan fingerprint density at radius 2 is 2.00 bits per heavy atom. The first kappa shape index (κ1) is 14.7. The molecular weight excluding hydrogens is 252 g/mol. The van der Waals surface area contributed by atoms with Gasteiger partial charge < -0.3 is 15.4 Å². The Labute approximate surface area is 120 Å². The number of benzene rings is 1. The van der Waals surface area contributed by atoms with Crippen molar-refractivity contribution in [2.45, 2.75) is 44.6 Å². The maximum atomic E-state index is 11.9. The van der Waals surface area contributed by atoms with Gasteiger partial charge in [0.2, 0.25) is 5.91 Å². The molecule has 0 aliphatic heterocycles. The minimum absolute atomic E-state index is 0.0692. The second-order valence-electron chi connectivity index (χ2n) is 5.34. The van der Waals surface area contributed by atoms with Crippen LogP contribution in [0.2, 0.25) is 0 Å². The predicted octanol–water partition coefficient (Wildman–Crippen LogP) is 2.95. The van der Waals surface area contributed by atoms with E-state index in [1.165, 1.54) is 25.7 Å². The summed E-state index contributed by atoms with van der Waals surface area (Å²) in [6.45, 7) is 0.309. The standard InChI is InChI=1S/C16H24N2O2/c1-20-15-10-6-9-14(11-15)17-12-16(19)18-13-7-4-2-3-5-8-13/h6,9-11,13,17H,2-5,7-8,12H2,1H3,(H,18,19). The Kier molecular flexibility index (Phi) is 5.71. The molecule has 1 amide bonds. The molecule has 110 valence electrons. The zero-order valence-corrected chi connectivity index (χ0v) is 12.2. The molecule has 0 unspecified atom stereocenters. The van der Waals surface area contributed by atoms with E-state index in [-0.39, 0.29) is 5.91 Å². The van der Waals surface area contributed by atoms with Crippen molar-refractivity contribution in [1.82, 2.24) is 5.32 Å². The molecule has 2 N–H and O–H groups in total. The van der Waals surface area contributed by atoms with Gasteiger partial charge in [-0.1, -0.05) is 31.7 Å². The maximum absolute atomic E-state index is 11.9. The first-order valence-corrected chi connectivity index (χ1v) is 7.45. The predicted molar refractivity (Wildman–Crippen MR) is 81.1 cm³/mol. The average Bonchev–Trinajstić information content (AvgIpc) is 2.74. The summed E-state index contributed by atoms with van der Waals surface area (Å²) in [6, 6.07) is 7.97. The van der Waals surface area contributed by atoms with Gasteiger partial charge in [-0.2, -0.15) is 0 Å². The normalized spacial score (nSPS) is 16.2. The summed E-state index contributed by atoms with van der Waals surface area (Å²) in [7, 11) is 1.64. The van der Waals surface area contributed by atoms with Crippen LogP contribution in [0.1, 0.15) is 38.5 Å². The Hall–Kier alpha value is -1.71. The third-order valence-electron chi connectivity index (χ3n) is 3.74. The van der Waals surface area contributed by atoms with E-state index in [0.717, 1.165) is 24.3 Å². The van der Waals surface area contributed by atoms with Crippen LogP contribution in [0.3, 0.4) is 0 Å². The van der Waals surface area contributed by atoms with Gasteiger partial charge in [0.25, 0.3) is 0 Å². The molecule has 0 aromatic heterocycles. The highest BCUT2D eigenvalue weighted by Crippen LogP contribution is 2.18. The maximum Gasteiger partial charge on any atom is 0.239 e. The van der Waals surface area contributed by atoms with E-state index in [4.69, 9.17) is 4.74 Å². The molecule has 4 heteroatoms. The van der Waals surface area contributed by atoms with E-state index in [2.05, 4.69) is 10.6 Å². The van der Waals surface area contributed by atoms with Gasteiger partial charge in [0.1, 0.15) is 5.75 Å². The van der Waals surface area contributed by atoms with E-state index in [9.17, 15) is 4.79 Å². The number of carbonyl (C=O) groups excluding carboxylic acids is 1. The van der Waals surface area contributed by atoms with Gasteiger partial charge in [-0.05, 0) is 25.0 Å². The van der Waals surface area contributed by atoms with Crippen LogP contribution in [-0.2, 0) is 4.79 Å². The van der Waals surface area contributed by atoms with Crippen molar-refractivity contribution in [2.24, 2.45) is 0 Å². The van der Waals surface area contributed by atoms with Crippen LogP contribution in [-0.4, -0.2) is 25.6 Å². The summed E-state index contributed by atoms with van der Waals surface area (Å²) in [5, 5.41) is 6.26. The molecule has 1 aliphatic rings. The molecule has 4 nitrogen and oxygen atoms in total. The number of rotatable bonds is 5. The van der Waals surface area contributed by atoms with Crippen molar-refractivity contribution in [2.75, 3.05) is 19.0 Å². The smallest absolute Gasteiger partial charge is 0.239 e. The van der Waals surface area contributed by atoms with Gasteiger partial charge in [0, 0.05) is 17.8 Å². The second kappa shape index (κ2) is 7.78. The molecule has 2 rings (SSSR count). The third kappa shape index (κ3) is 4.76. The molecule has 1 aromatic carbocycles. The Morgan fingerprint density at radius 3 is 2.70 bits per heavy atom. The van der Waals surface area contributed by atoms with Gasteiger partial charge >= 0.3 is 0 Å². The zero-order chi connectivity index (χ0) is 14.2. The number of anilines is 1. The summed E-state index contributed by atoms with van der Waals surface area (Å²) < 4.78 is 5.16. The molecule has 0 bridgehead atoms. The number of nitrogens with one attached hydrogen (secondary N) is 2. The highest BCUT2D eigenvalue weighted by Gasteiger charge is 2.14. The van der Waals surface area contributed by atoms with Crippen molar-refractivity contribution >= 4 is 11.6 Å². The van der Waals surface area contributed by atoms with Gasteiger partial charge in [-0.25, -0.2) is 0 Å². The van der Waals surface area contributed by atoms with Gasteiger partial charge in [0.05, 0.1) is 13.7 Å². The average molecular weight is 276 g/mol. The second-order valence-corrected chi connectivity index (χ2v) is 5.34. The summed E-state index contributed by atoms with van der Waals surface area (Å²) in [6.07, 6.45) is 7.29. The number of ether oxygens (including phenoxy) is 1. The Morgan fingerprint density at radius 1 is 1.25 bits per heavy atom. The van der Waals surface area contributed by atoms with Crippen molar-refractivity contribution in [3.8, 4) is 5.75 Å². The van der Waals surface area contributed by atoms with E-state index >= 15 is 0 Å². The molecule has 0 radical (unpaired) electrons. The lowest BCUT2D eigenvalue weighted by Crippen LogP contribution is -2.38. The van der Waals surface area contributed by atoms with Gasteiger partial charge in [-0.15, -0.1) is 0 Å². The van der Waals surface area contributed by atoms with Crippen LogP contribution in [0.25, 0.3) is 0 Å².